The number of aromatic amines is 1. The first-order valence-corrected chi connectivity index (χ1v) is 7.15. The lowest BCUT2D eigenvalue weighted by atomic mass is 9.93. The zero-order chi connectivity index (χ0) is 17.4. The molecule has 2 aromatic heterocycles. The number of aryl methyl sites for hydroxylation is 1. The van der Waals surface area contributed by atoms with Crippen LogP contribution in [0.4, 0.5) is 11.4 Å². The maximum atomic E-state index is 11.8. The number of aliphatic imine (C=N–C) groups is 1. The highest BCUT2D eigenvalue weighted by atomic mass is 16.1. The van der Waals surface area contributed by atoms with E-state index >= 15 is 0 Å². The van der Waals surface area contributed by atoms with Crippen LogP contribution in [0.3, 0.4) is 0 Å². The summed E-state index contributed by atoms with van der Waals surface area (Å²) in [7, 11) is 0. The summed E-state index contributed by atoms with van der Waals surface area (Å²) in [5, 5.41) is 7.84. The molecule has 0 saturated heterocycles. The molecule has 2 heterocycles. The Morgan fingerprint density at radius 3 is 2.75 bits per heavy atom. The number of nitrogens with two attached hydrogens (primary N) is 2. The number of rotatable bonds is 4. The summed E-state index contributed by atoms with van der Waals surface area (Å²) < 4.78 is 0. The van der Waals surface area contributed by atoms with Crippen LogP contribution >= 0.6 is 0 Å². The van der Waals surface area contributed by atoms with E-state index in [-0.39, 0.29) is 11.4 Å². The molecular weight excluding hydrogens is 304 g/mol. The second-order valence-corrected chi connectivity index (χ2v) is 5.30. The Kier molecular flexibility index (Phi) is 3.61. The maximum absolute atomic E-state index is 11.8. The number of carbonyl (C=O) groups excluding carboxylic acids is 1. The Morgan fingerprint density at radius 2 is 2.12 bits per heavy atom. The zero-order valence-corrected chi connectivity index (χ0v) is 13.1. The van der Waals surface area contributed by atoms with Crippen molar-refractivity contribution in [1.29, 1.82) is 0 Å². The highest BCUT2D eigenvalue weighted by molar-refractivity contribution is 6.08. The van der Waals surface area contributed by atoms with Crippen LogP contribution in [-0.2, 0) is 0 Å². The maximum Gasteiger partial charge on any atom is 0.269 e. The van der Waals surface area contributed by atoms with Gasteiger partial charge in [-0.25, -0.2) is 4.98 Å². The number of nitrogen functional groups attached to an aromatic ring is 1. The number of pyridine rings is 1. The molecule has 3 aromatic rings. The van der Waals surface area contributed by atoms with E-state index in [1.54, 1.807) is 6.20 Å². The van der Waals surface area contributed by atoms with Crippen LogP contribution in [0.1, 0.15) is 21.7 Å². The van der Waals surface area contributed by atoms with Crippen molar-refractivity contribution in [3.8, 4) is 11.1 Å². The van der Waals surface area contributed by atoms with Crippen LogP contribution in [-0.4, -0.2) is 27.8 Å². The smallest absolute Gasteiger partial charge is 0.269 e. The Morgan fingerprint density at radius 1 is 1.38 bits per heavy atom. The molecule has 0 atom stereocenters. The van der Waals surface area contributed by atoms with Gasteiger partial charge in [0, 0.05) is 10.9 Å². The largest absolute Gasteiger partial charge is 0.396 e. The van der Waals surface area contributed by atoms with E-state index in [0.29, 0.717) is 16.9 Å². The number of carbonyl (C=O) groups is 1. The molecule has 7 nitrogen and oxygen atoms in total. The Bertz CT molecular complexity index is 1000. The van der Waals surface area contributed by atoms with Crippen molar-refractivity contribution in [2.75, 3.05) is 5.73 Å². The number of benzene rings is 1. The Labute approximate surface area is 138 Å². The molecule has 3 rings (SSSR count). The highest BCUT2D eigenvalue weighted by Gasteiger charge is 2.23. The third-order valence-corrected chi connectivity index (χ3v) is 3.90. The first-order valence-electron chi connectivity index (χ1n) is 7.15. The van der Waals surface area contributed by atoms with E-state index in [9.17, 15) is 4.79 Å². The predicted octanol–water partition coefficient (Wildman–Crippen LogP) is 2.59. The second kappa shape index (κ2) is 5.62. The summed E-state index contributed by atoms with van der Waals surface area (Å²) in [4.78, 5) is 20.0. The summed E-state index contributed by atoms with van der Waals surface area (Å²) in [5.74, 6) is -0.718. The van der Waals surface area contributed by atoms with Crippen molar-refractivity contribution in [1.82, 2.24) is 15.2 Å². The number of amides is 1. The molecule has 1 amide bonds. The molecule has 0 radical (unpaired) electrons. The van der Waals surface area contributed by atoms with Crippen molar-refractivity contribution >= 4 is 41.0 Å². The van der Waals surface area contributed by atoms with Gasteiger partial charge in [-0.15, -0.1) is 0 Å². The third kappa shape index (κ3) is 2.14. The fraction of sp³-hybridized carbons (Fsp3) is 0.0588. The van der Waals surface area contributed by atoms with Crippen LogP contribution in [0, 0.1) is 6.92 Å². The average Bonchev–Trinajstić information content (AvgIpc) is 3.03. The molecule has 0 bridgehead atoms. The first kappa shape index (κ1) is 15.4. The van der Waals surface area contributed by atoms with Gasteiger partial charge in [-0.05, 0) is 36.9 Å². The lowest BCUT2D eigenvalue weighted by molar-refractivity contribution is 0.0996. The minimum Gasteiger partial charge on any atom is -0.396 e. The van der Waals surface area contributed by atoms with Gasteiger partial charge in [-0.2, -0.15) is 5.10 Å². The molecule has 0 aliphatic heterocycles. The molecule has 120 valence electrons. The number of primary amides is 1. The molecule has 0 aliphatic rings. The van der Waals surface area contributed by atoms with Crippen molar-refractivity contribution in [3.63, 3.8) is 0 Å². The molecular formula is C17H16N6O. The van der Waals surface area contributed by atoms with Crippen molar-refractivity contribution < 1.29 is 4.79 Å². The monoisotopic (exact) mass is 320 g/mol. The van der Waals surface area contributed by atoms with Gasteiger partial charge in [0.2, 0.25) is 0 Å². The van der Waals surface area contributed by atoms with E-state index < -0.39 is 5.91 Å². The summed E-state index contributed by atoms with van der Waals surface area (Å²) in [6, 6.07) is 3.85. The van der Waals surface area contributed by atoms with Crippen LogP contribution in [0.5, 0.6) is 0 Å². The minimum absolute atomic E-state index is 0.0211. The summed E-state index contributed by atoms with van der Waals surface area (Å²) in [6.07, 6.45) is 3.19. The lowest BCUT2D eigenvalue weighted by Gasteiger charge is -2.16. The van der Waals surface area contributed by atoms with Crippen LogP contribution < -0.4 is 11.5 Å². The molecule has 0 spiro atoms. The molecule has 24 heavy (non-hydrogen) atoms. The van der Waals surface area contributed by atoms with E-state index in [1.807, 2.05) is 19.1 Å². The fourth-order valence-corrected chi connectivity index (χ4v) is 2.81. The van der Waals surface area contributed by atoms with E-state index in [4.69, 9.17) is 11.5 Å². The number of nitrogens with one attached hydrogen (secondary N) is 1. The van der Waals surface area contributed by atoms with Gasteiger partial charge in [-0.3, -0.25) is 14.9 Å². The molecule has 0 aliphatic carbocycles. The molecule has 5 N–H and O–H groups in total. The van der Waals surface area contributed by atoms with Crippen molar-refractivity contribution in [2.24, 2.45) is 10.7 Å². The zero-order valence-electron chi connectivity index (χ0n) is 13.1. The van der Waals surface area contributed by atoms with Gasteiger partial charge in [0.25, 0.3) is 5.91 Å². The first-order chi connectivity index (χ1) is 11.5. The van der Waals surface area contributed by atoms with Gasteiger partial charge in [0.05, 0.1) is 28.8 Å². The average molecular weight is 320 g/mol. The number of nitrogens with zero attached hydrogens (tertiary/aromatic N) is 3. The van der Waals surface area contributed by atoms with Crippen LogP contribution in [0.15, 0.2) is 29.9 Å². The predicted molar refractivity (Wildman–Crippen MR) is 96.3 cm³/mol. The van der Waals surface area contributed by atoms with Crippen LogP contribution in [0.2, 0.25) is 0 Å². The van der Waals surface area contributed by atoms with Crippen molar-refractivity contribution in [3.05, 3.63) is 41.9 Å². The molecule has 1 aromatic carbocycles. The number of anilines is 1. The van der Waals surface area contributed by atoms with E-state index in [2.05, 4.69) is 33.5 Å². The number of hydrogen-bond donors (Lipinski definition) is 3. The lowest BCUT2D eigenvalue weighted by Crippen LogP contribution is -2.17. The molecule has 7 heteroatoms. The number of fused-ring (bicyclic) bond motifs is 1. The molecule has 0 fully saturated rings. The summed E-state index contributed by atoms with van der Waals surface area (Å²) >= 11 is 0. The fourth-order valence-electron chi connectivity index (χ4n) is 2.81. The van der Waals surface area contributed by atoms with Gasteiger partial charge in [0.15, 0.2) is 5.69 Å². The van der Waals surface area contributed by atoms with E-state index in [1.165, 1.54) is 6.08 Å². The number of H-pyrrole nitrogens is 1. The van der Waals surface area contributed by atoms with E-state index in [0.717, 1.165) is 22.0 Å². The topological polar surface area (TPSA) is 123 Å². The number of aromatic nitrogens is 3. The SMILES string of the molecule is C=Cc1nc(C(N)=O)c(N)c(-c2c(C)ccc3[nH]ncc23)c1N=C. The van der Waals surface area contributed by atoms with Gasteiger partial charge >= 0.3 is 0 Å². The van der Waals surface area contributed by atoms with Gasteiger partial charge in [-0.1, -0.05) is 12.6 Å². The Hall–Kier alpha value is -3.48. The third-order valence-electron chi connectivity index (χ3n) is 3.90. The quantitative estimate of drug-likeness (QED) is 0.639. The van der Waals surface area contributed by atoms with Crippen molar-refractivity contribution in [2.45, 2.75) is 6.92 Å². The summed E-state index contributed by atoms with van der Waals surface area (Å²) in [6.45, 7) is 9.26. The standard InChI is InChI=1S/C17H16N6O/c1-4-10-15(20-3)13(14(18)16(22-10)17(19)24)12-8(2)5-6-11-9(12)7-21-23-11/h4-7H,1,3,18H2,2H3,(H2,19,24)(H,21,23). The highest BCUT2D eigenvalue weighted by Crippen LogP contribution is 2.43. The number of hydrogen-bond acceptors (Lipinski definition) is 5. The normalized spacial score (nSPS) is 10.7. The van der Waals surface area contributed by atoms with Crippen LogP contribution in [0.25, 0.3) is 28.1 Å². The van der Waals surface area contributed by atoms with Gasteiger partial charge < -0.3 is 11.5 Å². The van der Waals surface area contributed by atoms with Gasteiger partial charge in [0.1, 0.15) is 0 Å². The summed E-state index contributed by atoms with van der Waals surface area (Å²) in [5.41, 5.74) is 15.8. The minimum atomic E-state index is -0.718. The second-order valence-electron chi connectivity index (χ2n) is 5.30. The Balaban J connectivity index is 2.54. The molecule has 0 unspecified atom stereocenters. The molecule has 0 saturated carbocycles.